The molecule has 1 aromatic heterocycles. The third-order valence-corrected chi connectivity index (χ3v) is 4.95. The Bertz CT molecular complexity index is 1110. The molecule has 3 aromatic rings. The van der Waals surface area contributed by atoms with E-state index in [1.54, 1.807) is 24.5 Å². The number of imide groups is 1. The predicted molar refractivity (Wildman–Crippen MR) is 113 cm³/mol. The highest BCUT2D eigenvalue weighted by atomic mass is 16.2. The molecule has 0 saturated heterocycles. The number of aromatic nitrogens is 1. The van der Waals surface area contributed by atoms with Gasteiger partial charge < -0.3 is 5.32 Å². The number of rotatable bonds is 5. The molecule has 2 amide bonds. The number of amides is 2. The second-order valence-electron chi connectivity index (χ2n) is 7.11. The molecule has 5 nitrogen and oxygen atoms in total. The lowest BCUT2D eigenvalue weighted by Crippen LogP contribution is -2.32. The minimum absolute atomic E-state index is 0.203. The fraction of sp³-hybridized carbons (Fsp3) is 0.125. The molecule has 1 N–H and O–H groups in total. The summed E-state index contributed by atoms with van der Waals surface area (Å²) < 4.78 is 0. The molecule has 29 heavy (non-hydrogen) atoms. The van der Waals surface area contributed by atoms with Gasteiger partial charge in [0.2, 0.25) is 0 Å². The van der Waals surface area contributed by atoms with Gasteiger partial charge in [-0.2, -0.15) is 0 Å². The normalized spacial score (nSPS) is 13.9. The number of benzene rings is 2. The first-order valence-electron chi connectivity index (χ1n) is 9.43. The van der Waals surface area contributed by atoms with Gasteiger partial charge in [-0.1, -0.05) is 42.0 Å². The molecular formula is C24H21N3O2. The Balaban J connectivity index is 1.78. The Morgan fingerprint density at radius 3 is 2.31 bits per heavy atom. The van der Waals surface area contributed by atoms with Crippen molar-refractivity contribution in [3.63, 3.8) is 0 Å². The second kappa shape index (κ2) is 7.72. The van der Waals surface area contributed by atoms with Gasteiger partial charge in [-0.3, -0.25) is 19.5 Å². The van der Waals surface area contributed by atoms with Crippen molar-refractivity contribution in [2.45, 2.75) is 20.4 Å². The van der Waals surface area contributed by atoms with E-state index in [0.717, 1.165) is 27.9 Å². The number of anilines is 1. The molecule has 0 spiro atoms. The maximum Gasteiger partial charge on any atom is 0.278 e. The number of carbonyl (C=O) groups excluding carboxylic acids is 2. The molecule has 0 saturated carbocycles. The zero-order chi connectivity index (χ0) is 20.4. The molecule has 1 aliphatic heterocycles. The summed E-state index contributed by atoms with van der Waals surface area (Å²) >= 11 is 0. The summed E-state index contributed by atoms with van der Waals surface area (Å²) in [7, 11) is 0. The van der Waals surface area contributed by atoms with E-state index in [4.69, 9.17) is 0 Å². The Morgan fingerprint density at radius 2 is 1.62 bits per heavy atom. The lowest BCUT2D eigenvalue weighted by molar-refractivity contribution is -0.137. The predicted octanol–water partition coefficient (Wildman–Crippen LogP) is 4.09. The van der Waals surface area contributed by atoms with Crippen LogP contribution in [0.1, 0.15) is 22.3 Å². The van der Waals surface area contributed by atoms with E-state index in [1.807, 2.05) is 62.4 Å². The van der Waals surface area contributed by atoms with E-state index in [2.05, 4.69) is 10.3 Å². The van der Waals surface area contributed by atoms with Gasteiger partial charge in [0.25, 0.3) is 11.8 Å². The quantitative estimate of drug-likeness (QED) is 0.674. The van der Waals surface area contributed by atoms with E-state index in [-0.39, 0.29) is 18.4 Å². The first-order valence-corrected chi connectivity index (χ1v) is 9.43. The fourth-order valence-corrected chi connectivity index (χ4v) is 3.52. The van der Waals surface area contributed by atoms with Crippen molar-refractivity contribution in [3.8, 4) is 0 Å². The maximum absolute atomic E-state index is 13.4. The van der Waals surface area contributed by atoms with Crippen LogP contribution >= 0.6 is 0 Å². The van der Waals surface area contributed by atoms with Crippen molar-refractivity contribution in [3.05, 3.63) is 101 Å². The van der Waals surface area contributed by atoms with Gasteiger partial charge in [0.1, 0.15) is 5.70 Å². The molecule has 5 heteroatoms. The van der Waals surface area contributed by atoms with Crippen molar-refractivity contribution >= 4 is 23.1 Å². The molecule has 2 heterocycles. The van der Waals surface area contributed by atoms with Crippen LogP contribution in [0.3, 0.4) is 0 Å². The second-order valence-corrected chi connectivity index (χ2v) is 7.11. The number of carbonyl (C=O) groups is 2. The van der Waals surface area contributed by atoms with Gasteiger partial charge in [-0.05, 0) is 54.8 Å². The van der Waals surface area contributed by atoms with E-state index in [9.17, 15) is 9.59 Å². The van der Waals surface area contributed by atoms with Crippen LogP contribution in [-0.4, -0.2) is 21.7 Å². The third kappa shape index (κ3) is 3.67. The van der Waals surface area contributed by atoms with Crippen molar-refractivity contribution in [1.82, 2.24) is 9.88 Å². The van der Waals surface area contributed by atoms with Crippen molar-refractivity contribution in [2.24, 2.45) is 0 Å². The van der Waals surface area contributed by atoms with Gasteiger partial charge in [0.15, 0.2) is 0 Å². The Hall–Kier alpha value is -3.73. The molecule has 0 atom stereocenters. The van der Waals surface area contributed by atoms with Crippen LogP contribution in [-0.2, 0) is 16.1 Å². The Morgan fingerprint density at radius 1 is 0.897 bits per heavy atom. The van der Waals surface area contributed by atoms with Crippen LogP contribution in [0, 0.1) is 13.8 Å². The highest BCUT2D eigenvalue weighted by molar-refractivity contribution is 6.36. The minimum atomic E-state index is -0.328. The molecule has 2 aromatic carbocycles. The van der Waals surface area contributed by atoms with E-state index >= 15 is 0 Å². The Kier molecular flexibility index (Phi) is 4.96. The Labute approximate surface area is 169 Å². The molecule has 0 radical (unpaired) electrons. The number of aryl methyl sites for hydroxylation is 2. The van der Waals surface area contributed by atoms with Gasteiger partial charge in [0.05, 0.1) is 12.1 Å². The lowest BCUT2D eigenvalue weighted by atomic mass is 9.97. The molecule has 0 aliphatic carbocycles. The standard InChI is InChI=1S/C24H21N3O2/c1-16-8-9-20(17(2)14-16)21-22(26-19-6-4-3-5-7-19)24(29)27(23(21)28)15-18-10-12-25-13-11-18/h3-14,26H,15H2,1-2H3. The first kappa shape index (κ1) is 18.6. The number of hydrogen-bond acceptors (Lipinski definition) is 4. The number of nitrogens with zero attached hydrogens (tertiary/aromatic N) is 2. The summed E-state index contributed by atoms with van der Waals surface area (Å²) in [6, 6.07) is 18.9. The number of para-hydroxylation sites is 1. The summed E-state index contributed by atoms with van der Waals surface area (Å²) in [5.74, 6) is -0.622. The van der Waals surface area contributed by atoms with Crippen molar-refractivity contribution in [1.29, 1.82) is 0 Å². The monoisotopic (exact) mass is 383 g/mol. The van der Waals surface area contributed by atoms with Gasteiger partial charge in [-0.25, -0.2) is 0 Å². The molecule has 1 aliphatic rings. The fourth-order valence-electron chi connectivity index (χ4n) is 3.52. The zero-order valence-electron chi connectivity index (χ0n) is 16.3. The van der Waals surface area contributed by atoms with Crippen LogP contribution in [0.5, 0.6) is 0 Å². The smallest absolute Gasteiger partial charge is 0.278 e. The van der Waals surface area contributed by atoms with Crippen LogP contribution < -0.4 is 5.32 Å². The highest BCUT2D eigenvalue weighted by Crippen LogP contribution is 2.33. The summed E-state index contributed by atoms with van der Waals surface area (Å²) in [6.45, 7) is 4.17. The number of pyridine rings is 1. The van der Waals surface area contributed by atoms with Crippen molar-refractivity contribution in [2.75, 3.05) is 5.32 Å². The van der Waals surface area contributed by atoms with Crippen LogP contribution in [0.2, 0.25) is 0 Å². The third-order valence-electron chi connectivity index (χ3n) is 4.95. The summed E-state index contributed by atoms with van der Waals surface area (Å²) in [6.07, 6.45) is 3.31. The minimum Gasteiger partial charge on any atom is -0.350 e. The van der Waals surface area contributed by atoms with Gasteiger partial charge >= 0.3 is 0 Å². The molecule has 4 rings (SSSR count). The first-order chi connectivity index (χ1) is 14.0. The number of hydrogen-bond donors (Lipinski definition) is 1. The summed E-state index contributed by atoms with van der Waals surface area (Å²) in [4.78, 5) is 31.9. The molecular weight excluding hydrogens is 362 g/mol. The van der Waals surface area contributed by atoms with E-state index in [0.29, 0.717) is 11.3 Å². The highest BCUT2D eigenvalue weighted by Gasteiger charge is 2.39. The summed E-state index contributed by atoms with van der Waals surface area (Å²) in [5.41, 5.74) is 5.16. The maximum atomic E-state index is 13.4. The van der Waals surface area contributed by atoms with Crippen molar-refractivity contribution < 1.29 is 9.59 Å². The van der Waals surface area contributed by atoms with Crippen LogP contribution in [0.25, 0.3) is 5.57 Å². The SMILES string of the molecule is Cc1ccc(C2=C(Nc3ccccc3)C(=O)N(Cc3ccncc3)C2=O)c(C)c1. The molecule has 144 valence electrons. The number of nitrogens with one attached hydrogen (secondary N) is 1. The van der Waals surface area contributed by atoms with Crippen LogP contribution in [0.4, 0.5) is 5.69 Å². The zero-order valence-corrected chi connectivity index (χ0v) is 16.3. The molecule has 0 bridgehead atoms. The largest absolute Gasteiger partial charge is 0.350 e. The average Bonchev–Trinajstić information content (AvgIpc) is 2.94. The summed E-state index contributed by atoms with van der Waals surface area (Å²) in [5, 5.41) is 3.18. The lowest BCUT2D eigenvalue weighted by Gasteiger charge is -2.15. The van der Waals surface area contributed by atoms with Gasteiger partial charge in [0, 0.05) is 18.1 Å². The molecule has 0 unspecified atom stereocenters. The topological polar surface area (TPSA) is 62.3 Å². The van der Waals surface area contributed by atoms with E-state index in [1.165, 1.54) is 4.90 Å². The average molecular weight is 383 g/mol. The molecule has 0 fully saturated rings. The van der Waals surface area contributed by atoms with Gasteiger partial charge in [-0.15, -0.1) is 0 Å². The van der Waals surface area contributed by atoms with E-state index < -0.39 is 0 Å². The van der Waals surface area contributed by atoms with Crippen LogP contribution in [0.15, 0.2) is 78.8 Å².